The van der Waals surface area contributed by atoms with Crippen molar-refractivity contribution < 1.29 is 0 Å². The highest BCUT2D eigenvalue weighted by atomic mass is 15.3. The molecule has 0 saturated heterocycles. The summed E-state index contributed by atoms with van der Waals surface area (Å²) in [5, 5.41) is 4.28. The molecular formula is C16H24N4. The third kappa shape index (κ3) is 3.90. The van der Waals surface area contributed by atoms with Crippen molar-refractivity contribution in [3.63, 3.8) is 0 Å². The molecule has 108 valence electrons. The van der Waals surface area contributed by atoms with E-state index in [1.165, 1.54) is 11.1 Å². The van der Waals surface area contributed by atoms with Crippen LogP contribution in [0, 0.1) is 12.8 Å². The lowest BCUT2D eigenvalue weighted by Gasteiger charge is -2.14. The van der Waals surface area contributed by atoms with Gasteiger partial charge in [-0.15, -0.1) is 0 Å². The average Bonchev–Trinajstić information content (AvgIpc) is 2.78. The molecule has 0 bridgehead atoms. The van der Waals surface area contributed by atoms with Gasteiger partial charge in [-0.2, -0.15) is 5.10 Å². The van der Waals surface area contributed by atoms with Crippen LogP contribution in [0.3, 0.4) is 0 Å². The Hall–Kier alpha value is -1.68. The van der Waals surface area contributed by atoms with Gasteiger partial charge < -0.3 is 5.73 Å². The fourth-order valence-electron chi connectivity index (χ4n) is 2.37. The summed E-state index contributed by atoms with van der Waals surface area (Å²) < 4.78 is 1.97. The van der Waals surface area contributed by atoms with Crippen LogP contribution >= 0.6 is 0 Å². The molecule has 0 aliphatic heterocycles. The number of benzene rings is 1. The van der Waals surface area contributed by atoms with Crippen LogP contribution in [0.2, 0.25) is 0 Å². The van der Waals surface area contributed by atoms with Gasteiger partial charge in [0.15, 0.2) is 0 Å². The van der Waals surface area contributed by atoms with Gasteiger partial charge in [0.1, 0.15) is 12.2 Å². The summed E-state index contributed by atoms with van der Waals surface area (Å²) in [4.78, 5) is 4.35. The first-order valence-electron chi connectivity index (χ1n) is 7.23. The zero-order chi connectivity index (χ0) is 14.5. The Balaban J connectivity index is 2.00. The Kier molecular flexibility index (Phi) is 4.90. The third-order valence-electron chi connectivity index (χ3n) is 3.42. The number of nitrogens with two attached hydrogens (primary N) is 1. The molecule has 2 aromatic rings. The Morgan fingerprint density at radius 1 is 1.20 bits per heavy atom. The van der Waals surface area contributed by atoms with Gasteiger partial charge in [0, 0.05) is 19.0 Å². The molecule has 0 amide bonds. The molecule has 1 aromatic heterocycles. The van der Waals surface area contributed by atoms with Crippen LogP contribution in [-0.4, -0.2) is 20.8 Å². The second-order valence-corrected chi connectivity index (χ2v) is 5.85. The van der Waals surface area contributed by atoms with E-state index in [9.17, 15) is 0 Å². The quantitative estimate of drug-likeness (QED) is 0.878. The molecule has 0 saturated carbocycles. The molecule has 2 N–H and O–H groups in total. The van der Waals surface area contributed by atoms with E-state index < -0.39 is 0 Å². The van der Waals surface area contributed by atoms with Gasteiger partial charge in [0.25, 0.3) is 0 Å². The molecular weight excluding hydrogens is 248 g/mol. The first-order valence-corrected chi connectivity index (χ1v) is 7.23. The van der Waals surface area contributed by atoms with E-state index >= 15 is 0 Å². The minimum atomic E-state index is 0.0752. The van der Waals surface area contributed by atoms with E-state index in [2.05, 4.69) is 55.1 Å². The fourth-order valence-corrected chi connectivity index (χ4v) is 2.37. The molecule has 0 fully saturated rings. The largest absolute Gasteiger partial charge is 0.327 e. The lowest BCUT2D eigenvalue weighted by atomic mass is 10.00. The molecule has 1 unspecified atom stereocenters. The summed E-state index contributed by atoms with van der Waals surface area (Å²) in [6, 6.07) is 8.48. The van der Waals surface area contributed by atoms with Crippen molar-refractivity contribution in [3.8, 4) is 0 Å². The van der Waals surface area contributed by atoms with E-state index in [0.29, 0.717) is 5.92 Å². The van der Waals surface area contributed by atoms with Crippen molar-refractivity contribution in [3.05, 3.63) is 47.5 Å². The molecule has 1 aromatic carbocycles. The first kappa shape index (κ1) is 14.7. The van der Waals surface area contributed by atoms with E-state index in [-0.39, 0.29) is 6.04 Å². The van der Waals surface area contributed by atoms with Crippen LogP contribution < -0.4 is 5.73 Å². The van der Waals surface area contributed by atoms with Crippen molar-refractivity contribution in [2.45, 2.75) is 46.2 Å². The van der Waals surface area contributed by atoms with E-state index in [1.807, 2.05) is 4.68 Å². The average molecular weight is 272 g/mol. The Morgan fingerprint density at radius 2 is 1.95 bits per heavy atom. The summed E-state index contributed by atoms with van der Waals surface area (Å²) >= 11 is 0. The monoisotopic (exact) mass is 272 g/mol. The summed E-state index contributed by atoms with van der Waals surface area (Å²) in [7, 11) is 0. The molecule has 1 atom stereocenters. The van der Waals surface area contributed by atoms with Crippen LogP contribution in [-0.2, 0) is 19.4 Å². The smallest absolute Gasteiger partial charge is 0.138 e. The van der Waals surface area contributed by atoms with Crippen molar-refractivity contribution in [1.29, 1.82) is 0 Å². The fraction of sp³-hybridized carbons (Fsp3) is 0.500. The predicted octanol–water partition coefficient (Wildman–Crippen LogP) is 2.36. The van der Waals surface area contributed by atoms with Gasteiger partial charge >= 0.3 is 0 Å². The van der Waals surface area contributed by atoms with E-state index in [0.717, 1.165) is 25.2 Å². The van der Waals surface area contributed by atoms with E-state index in [4.69, 9.17) is 5.73 Å². The highest BCUT2D eigenvalue weighted by molar-refractivity contribution is 5.26. The summed E-state index contributed by atoms with van der Waals surface area (Å²) in [5.41, 5.74) is 8.90. The maximum atomic E-state index is 6.28. The molecule has 0 radical (unpaired) electrons. The minimum Gasteiger partial charge on any atom is -0.327 e. The van der Waals surface area contributed by atoms with Gasteiger partial charge in [0.2, 0.25) is 0 Å². The molecule has 0 aliphatic carbocycles. The third-order valence-corrected chi connectivity index (χ3v) is 3.42. The molecule has 0 spiro atoms. The second kappa shape index (κ2) is 6.66. The summed E-state index contributed by atoms with van der Waals surface area (Å²) in [6.07, 6.45) is 3.26. The van der Waals surface area contributed by atoms with Gasteiger partial charge in [-0.25, -0.2) is 9.67 Å². The van der Waals surface area contributed by atoms with Crippen LogP contribution in [0.25, 0.3) is 0 Å². The van der Waals surface area contributed by atoms with Gasteiger partial charge in [-0.05, 0) is 30.4 Å². The van der Waals surface area contributed by atoms with Crippen LogP contribution in [0.1, 0.15) is 30.8 Å². The van der Waals surface area contributed by atoms with Crippen LogP contribution in [0.15, 0.2) is 30.6 Å². The number of nitrogens with zero attached hydrogens (tertiary/aromatic N) is 3. The molecule has 1 heterocycles. The lowest BCUT2D eigenvalue weighted by molar-refractivity contribution is 0.457. The highest BCUT2D eigenvalue weighted by Crippen LogP contribution is 2.11. The Bertz CT molecular complexity index is 545. The Morgan fingerprint density at radius 3 is 2.65 bits per heavy atom. The number of aryl methyl sites for hydroxylation is 1. The number of hydrogen-bond donors (Lipinski definition) is 1. The molecule has 4 heteroatoms. The molecule has 0 aliphatic rings. The minimum absolute atomic E-state index is 0.0752. The maximum absolute atomic E-state index is 6.28. The van der Waals surface area contributed by atoms with Gasteiger partial charge in [-0.1, -0.05) is 38.1 Å². The standard InChI is InChI=1S/C16H24N4/c1-12(2)10-20-16(18-11-19-20)9-15(17)8-14-7-5-4-6-13(14)3/h4-7,11-12,15H,8-10,17H2,1-3H3. The van der Waals surface area contributed by atoms with Crippen molar-refractivity contribution in [2.24, 2.45) is 11.7 Å². The highest BCUT2D eigenvalue weighted by Gasteiger charge is 2.12. The summed E-state index contributed by atoms with van der Waals surface area (Å²) in [6.45, 7) is 7.38. The number of hydrogen-bond acceptors (Lipinski definition) is 3. The lowest BCUT2D eigenvalue weighted by Crippen LogP contribution is -2.28. The van der Waals surface area contributed by atoms with Crippen LogP contribution in [0.4, 0.5) is 0 Å². The van der Waals surface area contributed by atoms with Crippen molar-refractivity contribution >= 4 is 0 Å². The number of aromatic nitrogens is 3. The van der Waals surface area contributed by atoms with Crippen molar-refractivity contribution in [1.82, 2.24) is 14.8 Å². The zero-order valence-corrected chi connectivity index (χ0v) is 12.6. The second-order valence-electron chi connectivity index (χ2n) is 5.85. The maximum Gasteiger partial charge on any atom is 0.138 e. The zero-order valence-electron chi connectivity index (χ0n) is 12.6. The van der Waals surface area contributed by atoms with Gasteiger partial charge in [-0.3, -0.25) is 0 Å². The summed E-state index contributed by atoms with van der Waals surface area (Å²) in [5.74, 6) is 1.54. The first-order chi connectivity index (χ1) is 9.56. The normalized spacial score (nSPS) is 12.8. The van der Waals surface area contributed by atoms with E-state index in [1.54, 1.807) is 6.33 Å². The van der Waals surface area contributed by atoms with Gasteiger partial charge in [0.05, 0.1) is 0 Å². The Labute approximate surface area is 121 Å². The number of rotatable bonds is 6. The predicted molar refractivity (Wildman–Crippen MR) is 81.4 cm³/mol. The SMILES string of the molecule is Cc1ccccc1CC(N)Cc1ncnn1CC(C)C. The van der Waals surface area contributed by atoms with Crippen molar-refractivity contribution in [2.75, 3.05) is 0 Å². The molecule has 4 nitrogen and oxygen atoms in total. The van der Waals surface area contributed by atoms with Crippen LogP contribution in [0.5, 0.6) is 0 Å². The topological polar surface area (TPSA) is 56.7 Å². The molecule has 2 rings (SSSR count). The molecule has 20 heavy (non-hydrogen) atoms.